The van der Waals surface area contributed by atoms with Crippen molar-refractivity contribution in [3.63, 3.8) is 0 Å². The molecule has 2 aromatic carbocycles. The van der Waals surface area contributed by atoms with Gasteiger partial charge in [-0.2, -0.15) is 0 Å². The largest absolute Gasteiger partial charge is 0.419 e. The van der Waals surface area contributed by atoms with Crippen LogP contribution in [-0.4, -0.2) is 39.4 Å². The molecule has 0 atom stereocenters. The number of imide groups is 1. The van der Waals surface area contributed by atoms with Crippen molar-refractivity contribution in [2.45, 2.75) is 19.9 Å². The number of aryl methyl sites for hydroxylation is 1. The predicted molar refractivity (Wildman–Crippen MR) is 103 cm³/mol. The summed E-state index contributed by atoms with van der Waals surface area (Å²) in [5.41, 5.74) is 2.58. The van der Waals surface area contributed by atoms with E-state index in [1.54, 1.807) is 24.3 Å². The quantitative estimate of drug-likeness (QED) is 0.648. The summed E-state index contributed by atoms with van der Waals surface area (Å²) < 4.78 is 5.60. The van der Waals surface area contributed by atoms with Gasteiger partial charge in [0, 0.05) is 18.5 Å². The van der Waals surface area contributed by atoms with E-state index >= 15 is 0 Å². The number of fused-ring (bicyclic) bond motifs is 1. The first-order chi connectivity index (χ1) is 14.0. The van der Waals surface area contributed by atoms with Crippen molar-refractivity contribution in [1.82, 2.24) is 20.4 Å². The average Bonchev–Trinajstić information content (AvgIpc) is 3.29. The first-order valence-electron chi connectivity index (χ1n) is 9.15. The van der Waals surface area contributed by atoms with Crippen LogP contribution in [0.15, 0.2) is 52.9 Å². The maximum absolute atomic E-state index is 12.3. The second-order valence-electron chi connectivity index (χ2n) is 6.65. The monoisotopic (exact) mass is 390 g/mol. The van der Waals surface area contributed by atoms with Crippen LogP contribution >= 0.6 is 0 Å². The van der Waals surface area contributed by atoms with Crippen LogP contribution in [0.3, 0.4) is 0 Å². The van der Waals surface area contributed by atoms with Crippen LogP contribution in [0.2, 0.25) is 0 Å². The third-order valence-electron chi connectivity index (χ3n) is 4.72. The molecule has 0 fully saturated rings. The maximum Gasteiger partial charge on any atom is 0.261 e. The number of nitrogens with one attached hydrogen (secondary N) is 1. The highest BCUT2D eigenvalue weighted by atomic mass is 16.4. The van der Waals surface area contributed by atoms with Crippen molar-refractivity contribution < 1.29 is 18.8 Å². The molecule has 0 spiro atoms. The van der Waals surface area contributed by atoms with E-state index in [4.69, 9.17) is 4.42 Å². The molecule has 1 aliphatic heterocycles. The zero-order valence-corrected chi connectivity index (χ0v) is 15.7. The van der Waals surface area contributed by atoms with Gasteiger partial charge in [-0.05, 0) is 30.7 Å². The molecule has 29 heavy (non-hydrogen) atoms. The number of hydrogen-bond donors (Lipinski definition) is 1. The highest BCUT2D eigenvalue weighted by Crippen LogP contribution is 2.23. The zero-order valence-electron chi connectivity index (χ0n) is 15.7. The Morgan fingerprint density at radius 1 is 0.966 bits per heavy atom. The van der Waals surface area contributed by atoms with E-state index in [9.17, 15) is 14.4 Å². The molecule has 1 N–H and O–H groups in total. The molecule has 3 amide bonds. The number of aromatic nitrogens is 2. The van der Waals surface area contributed by atoms with Gasteiger partial charge in [0.1, 0.15) is 0 Å². The van der Waals surface area contributed by atoms with Crippen molar-refractivity contribution in [2.24, 2.45) is 0 Å². The second kappa shape index (κ2) is 7.67. The molecule has 1 aromatic heterocycles. The number of nitrogens with zero attached hydrogens (tertiary/aromatic N) is 3. The highest BCUT2D eigenvalue weighted by Gasteiger charge is 2.34. The molecule has 8 nitrogen and oxygen atoms in total. The van der Waals surface area contributed by atoms with Gasteiger partial charge >= 0.3 is 0 Å². The van der Waals surface area contributed by atoms with E-state index < -0.39 is 0 Å². The minimum Gasteiger partial charge on any atom is -0.419 e. The lowest BCUT2D eigenvalue weighted by Crippen LogP contribution is -2.34. The Kier molecular flexibility index (Phi) is 4.90. The maximum atomic E-state index is 12.3. The molecule has 2 heterocycles. The topological polar surface area (TPSA) is 105 Å². The molecule has 1 aliphatic rings. The fraction of sp³-hybridized carbons (Fsp3) is 0.190. The van der Waals surface area contributed by atoms with Gasteiger partial charge in [-0.1, -0.05) is 30.3 Å². The van der Waals surface area contributed by atoms with Crippen molar-refractivity contribution in [3.05, 3.63) is 71.1 Å². The first-order valence-corrected chi connectivity index (χ1v) is 9.15. The molecular formula is C21H18N4O4. The van der Waals surface area contributed by atoms with Crippen molar-refractivity contribution in [2.75, 3.05) is 6.54 Å². The summed E-state index contributed by atoms with van der Waals surface area (Å²) in [7, 11) is 0. The highest BCUT2D eigenvalue weighted by molar-refractivity contribution is 6.21. The van der Waals surface area contributed by atoms with Crippen molar-refractivity contribution in [1.29, 1.82) is 0 Å². The lowest BCUT2D eigenvalue weighted by atomic mass is 10.1. The van der Waals surface area contributed by atoms with Gasteiger partial charge in [-0.3, -0.25) is 19.3 Å². The molecule has 3 aromatic rings. The summed E-state index contributed by atoms with van der Waals surface area (Å²) in [5, 5.41) is 10.6. The van der Waals surface area contributed by atoms with E-state index in [-0.39, 0.29) is 43.1 Å². The van der Waals surface area contributed by atoms with Gasteiger partial charge in [0.15, 0.2) is 0 Å². The Labute approximate surface area is 166 Å². The van der Waals surface area contributed by atoms with Gasteiger partial charge < -0.3 is 9.73 Å². The van der Waals surface area contributed by atoms with Crippen LogP contribution in [-0.2, 0) is 11.3 Å². The van der Waals surface area contributed by atoms with E-state index in [0.29, 0.717) is 17.0 Å². The Morgan fingerprint density at radius 3 is 2.24 bits per heavy atom. The number of carbonyl (C=O) groups excluding carboxylic acids is 3. The van der Waals surface area contributed by atoms with Gasteiger partial charge in [0.25, 0.3) is 11.8 Å². The van der Waals surface area contributed by atoms with Gasteiger partial charge in [-0.15, -0.1) is 10.2 Å². The van der Waals surface area contributed by atoms with Crippen LogP contribution in [0, 0.1) is 6.92 Å². The molecule has 0 radical (unpaired) electrons. The normalized spacial score (nSPS) is 12.9. The number of amides is 3. The van der Waals surface area contributed by atoms with Crippen molar-refractivity contribution in [3.8, 4) is 11.5 Å². The molecule has 0 saturated heterocycles. The van der Waals surface area contributed by atoms with Gasteiger partial charge in [-0.25, -0.2) is 0 Å². The summed E-state index contributed by atoms with van der Waals surface area (Å²) in [6.45, 7) is 2.02. The Morgan fingerprint density at radius 2 is 1.59 bits per heavy atom. The minimum absolute atomic E-state index is 0.00967. The summed E-state index contributed by atoms with van der Waals surface area (Å²) in [6.07, 6.45) is -0.00967. The molecule has 0 bridgehead atoms. The Hall–Kier alpha value is -3.81. The molecular weight excluding hydrogens is 372 g/mol. The Balaban J connectivity index is 1.31. The Bertz CT molecular complexity index is 1070. The summed E-state index contributed by atoms with van der Waals surface area (Å²) in [6, 6.07) is 14.3. The smallest absolute Gasteiger partial charge is 0.261 e. The van der Waals surface area contributed by atoms with E-state index in [0.717, 1.165) is 16.0 Å². The molecule has 8 heteroatoms. The molecule has 0 saturated carbocycles. The zero-order chi connectivity index (χ0) is 20.4. The SMILES string of the molecule is Cc1ccccc1-c1nnc(CNC(=O)CCN2C(=O)c3ccccc3C2=O)o1. The standard InChI is InChI=1S/C21H18N4O4/c1-13-6-2-3-7-14(13)19-24-23-18(29-19)12-22-17(26)10-11-25-20(27)15-8-4-5-9-16(15)21(25)28/h2-9H,10-12H2,1H3,(H,22,26). The van der Waals surface area contributed by atoms with E-state index in [1.807, 2.05) is 31.2 Å². The van der Waals surface area contributed by atoms with Gasteiger partial charge in [0.05, 0.1) is 17.7 Å². The van der Waals surface area contributed by atoms with E-state index in [2.05, 4.69) is 15.5 Å². The molecule has 146 valence electrons. The average molecular weight is 390 g/mol. The number of benzene rings is 2. The molecule has 4 rings (SSSR count). The van der Waals surface area contributed by atoms with Crippen LogP contribution in [0.1, 0.15) is 38.6 Å². The van der Waals surface area contributed by atoms with Crippen LogP contribution in [0.4, 0.5) is 0 Å². The van der Waals surface area contributed by atoms with Crippen LogP contribution < -0.4 is 5.32 Å². The summed E-state index contributed by atoms with van der Waals surface area (Å²) in [4.78, 5) is 37.8. The fourth-order valence-corrected chi connectivity index (χ4v) is 3.16. The lowest BCUT2D eigenvalue weighted by molar-refractivity contribution is -0.121. The van der Waals surface area contributed by atoms with Crippen LogP contribution in [0.5, 0.6) is 0 Å². The van der Waals surface area contributed by atoms with Crippen molar-refractivity contribution >= 4 is 17.7 Å². The third-order valence-corrected chi connectivity index (χ3v) is 4.72. The third kappa shape index (κ3) is 3.64. The number of carbonyl (C=O) groups is 3. The van der Waals surface area contributed by atoms with E-state index in [1.165, 1.54) is 0 Å². The first kappa shape index (κ1) is 18.5. The lowest BCUT2D eigenvalue weighted by Gasteiger charge is -2.13. The number of rotatable bonds is 6. The molecule has 0 aliphatic carbocycles. The molecule has 0 unspecified atom stereocenters. The predicted octanol–water partition coefficient (Wildman–Crippen LogP) is 2.35. The van der Waals surface area contributed by atoms with Crippen LogP contribution in [0.25, 0.3) is 11.5 Å². The second-order valence-corrected chi connectivity index (χ2v) is 6.65. The summed E-state index contributed by atoms with van der Waals surface area (Å²) in [5.74, 6) is -0.413. The minimum atomic E-state index is -0.377. The number of hydrogen-bond acceptors (Lipinski definition) is 6. The van der Waals surface area contributed by atoms with Gasteiger partial charge in [0.2, 0.25) is 17.7 Å². The fourth-order valence-electron chi connectivity index (χ4n) is 3.16. The summed E-state index contributed by atoms with van der Waals surface area (Å²) >= 11 is 0.